The summed E-state index contributed by atoms with van der Waals surface area (Å²) < 4.78 is 5.58. The van der Waals surface area contributed by atoms with Crippen LogP contribution in [0.5, 0.6) is 0 Å². The zero-order valence-electron chi connectivity index (χ0n) is 20.0. The number of nitrogens with zero attached hydrogens (tertiary/aromatic N) is 2. The molecule has 2 heterocycles. The van der Waals surface area contributed by atoms with Crippen LogP contribution in [0.4, 0.5) is 0 Å². The van der Waals surface area contributed by atoms with E-state index in [0.29, 0.717) is 25.8 Å². The molecule has 2 aliphatic rings. The van der Waals surface area contributed by atoms with Crippen molar-refractivity contribution in [3.05, 3.63) is 71.8 Å². The molecular formula is C27H31N3O6. The van der Waals surface area contributed by atoms with Gasteiger partial charge in [-0.2, -0.15) is 0 Å². The van der Waals surface area contributed by atoms with Crippen LogP contribution in [0.15, 0.2) is 60.7 Å². The van der Waals surface area contributed by atoms with E-state index in [1.165, 1.54) is 5.01 Å². The Labute approximate surface area is 210 Å². The maximum Gasteiger partial charge on any atom is 0.328 e. The highest BCUT2D eigenvalue weighted by molar-refractivity contribution is 5.92. The minimum atomic E-state index is -1.15. The Kier molecular flexibility index (Phi) is 8.32. The second kappa shape index (κ2) is 11.8. The maximum absolute atomic E-state index is 13.5. The van der Waals surface area contributed by atoms with Crippen LogP contribution in [0.2, 0.25) is 0 Å². The van der Waals surface area contributed by atoms with Crippen LogP contribution in [-0.2, 0) is 36.9 Å². The number of benzene rings is 2. The molecule has 0 bridgehead atoms. The number of amides is 2. The topological polar surface area (TPSA) is 116 Å². The first kappa shape index (κ1) is 25.4. The van der Waals surface area contributed by atoms with E-state index in [4.69, 9.17) is 4.74 Å². The Balaban J connectivity index is 1.51. The Morgan fingerprint density at radius 2 is 1.67 bits per heavy atom. The Hall–Kier alpha value is -3.72. The molecule has 2 amide bonds. The van der Waals surface area contributed by atoms with Gasteiger partial charge in [0.2, 0.25) is 5.91 Å². The Morgan fingerprint density at radius 1 is 1.00 bits per heavy atom. The van der Waals surface area contributed by atoms with Gasteiger partial charge in [-0.3, -0.25) is 24.7 Å². The normalized spacial score (nSPS) is 20.9. The van der Waals surface area contributed by atoms with Crippen LogP contribution >= 0.6 is 0 Å². The lowest BCUT2D eigenvalue weighted by Crippen LogP contribution is -2.62. The van der Waals surface area contributed by atoms with Gasteiger partial charge in [-0.05, 0) is 43.2 Å². The molecular weight excluding hydrogens is 462 g/mol. The van der Waals surface area contributed by atoms with Crippen molar-refractivity contribution in [2.24, 2.45) is 0 Å². The molecule has 2 N–H and O–H groups in total. The summed E-state index contributed by atoms with van der Waals surface area (Å²) in [5.74, 6) is -2.44. The molecule has 2 saturated heterocycles. The third kappa shape index (κ3) is 6.09. The molecule has 0 radical (unpaired) electrons. The summed E-state index contributed by atoms with van der Waals surface area (Å²) in [5, 5.41) is 15.2. The second-order valence-electron chi connectivity index (χ2n) is 9.12. The highest BCUT2D eigenvalue weighted by Crippen LogP contribution is 2.25. The number of esters is 1. The van der Waals surface area contributed by atoms with Gasteiger partial charge in [0.25, 0.3) is 5.91 Å². The zero-order chi connectivity index (χ0) is 25.5. The van der Waals surface area contributed by atoms with E-state index < -0.39 is 36.0 Å². The van der Waals surface area contributed by atoms with Gasteiger partial charge in [0.05, 0.1) is 6.04 Å². The largest absolute Gasteiger partial charge is 0.480 e. The quantitative estimate of drug-likeness (QED) is 0.515. The minimum absolute atomic E-state index is 0.0801. The molecule has 2 aliphatic heterocycles. The molecule has 2 aromatic carbocycles. The summed E-state index contributed by atoms with van der Waals surface area (Å²) in [6.45, 7) is 0.402. The molecule has 0 aliphatic carbocycles. The number of hydrogen-bond acceptors (Lipinski definition) is 6. The van der Waals surface area contributed by atoms with E-state index in [0.717, 1.165) is 16.1 Å². The summed E-state index contributed by atoms with van der Waals surface area (Å²) in [4.78, 5) is 51.2. The van der Waals surface area contributed by atoms with Crippen molar-refractivity contribution in [2.45, 2.75) is 63.3 Å². The summed E-state index contributed by atoms with van der Waals surface area (Å²) in [6.07, 6.45) is 1.99. The molecule has 0 saturated carbocycles. The standard InChI is InChI=1S/C27H31N3O6/c31-24-16-15-21(25(32)30-23(26(33)34)12-7-17-29(24)30)28-22(14-13-19-8-3-1-4-9-19)27(35)36-18-20-10-5-2-6-11-20/h1-6,8-11,21-23,28H,7,12-18H2,(H,33,34)/t21-,22-,23-/m0/s1. The number of carboxylic acid groups (broad SMARTS) is 1. The van der Waals surface area contributed by atoms with Gasteiger partial charge in [-0.25, -0.2) is 9.80 Å². The highest BCUT2D eigenvalue weighted by Gasteiger charge is 2.45. The SMILES string of the molecule is O=C(OCc1ccccc1)[C@H](CCc1ccccc1)N[C@H]1CCC(=O)N2CCC[C@@H](C(=O)O)N2C1=O. The first-order valence-electron chi connectivity index (χ1n) is 12.3. The van der Waals surface area contributed by atoms with E-state index in [2.05, 4.69) is 5.32 Å². The van der Waals surface area contributed by atoms with Gasteiger partial charge < -0.3 is 9.84 Å². The molecule has 4 rings (SSSR count). The second-order valence-corrected chi connectivity index (χ2v) is 9.12. The molecule has 9 nitrogen and oxygen atoms in total. The molecule has 0 spiro atoms. The van der Waals surface area contributed by atoms with Gasteiger partial charge in [-0.1, -0.05) is 60.7 Å². The van der Waals surface area contributed by atoms with Crippen molar-refractivity contribution in [1.29, 1.82) is 0 Å². The lowest BCUT2D eigenvalue weighted by atomic mass is 10.0. The van der Waals surface area contributed by atoms with Crippen LogP contribution < -0.4 is 5.32 Å². The van der Waals surface area contributed by atoms with E-state index in [1.807, 2.05) is 60.7 Å². The predicted octanol–water partition coefficient (Wildman–Crippen LogP) is 2.30. The molecule has 190 valence electrons. The zero-order valence-corrected chi connectivity index (χ0v) is 20.0. The molecule has 2 fully saturated rings. The fourth-order valence-corrected chi connectivity index (χ4v) is 4.71. The average Bonchev–Trinajstić information content (AvgIpc) is 3.02. The number of carbonyl (C=O) groups is 4. The first-order valence-corrected chi connectivity index (χ1v) is 12.3. The van der Waals surface area contributed by atoms with E-state index >= 15 is 0 Å². The van der Waals surface area contributed by atoms with Gasteiger partial charge in [-0.15, -0.1) is 0 Å². The minimum Gasteiger partial charge on any atom is -0.480 e. The van der Waals surface area contributed by atoms with Gasteiger partial charge >= 0.3 is 11.9 Å². The molecule has 0 aromatic heterocycles. The molecule has 0 unspecified atom stereocenters. The Bertz CT molecular complexity index is 1080. The van der Waals surface area contributed by atoms with Crippen LogP contribution in [0.3, 0.4) is 0 Å². The number of fused-ring (bicyclic) bond motifs is 1. The third-order valence-corrected chi connectivity index (χ3v) is 6.62. The van der Waals surface area contributed by atoms with E-state index in [1.54, 1.807) is 0 Å². The van der Waals surface area contributed by atoms with Crippen molar-refractivity contribution in [1.82, 2.24) is 15.3 Å². The molecule has 36 heavy (non-hydrogen) atoms. The van der Waals surface area contributed by atoms with Crippen molar-refractivity contribution >= 4 is 23.8 Å². The van der Waals surface area contributed by atoms with Gasteiger partial charge in [0.1, 0.15) is 12.6 Å². The number of aryl methyl sites for hydroxylation is 1. The predicted molar refractivity (Wildman–Crippen MR) is 130 cm³/mol. The summed E-state index contributed by atoms with van der Waals surface area (Å²) in [7, 11) is 0. The monoisotopic (exact) mass is 493 g/mol. The maximum atomic E-state index is 13.5. The summed E-state index contributed by atoms with van der Waals surface area (Å²) in [6, 6.07) is 16.2. The highest BCUT2D eigenvalue weighted by atomic mass is 16.5. The van der Waals surface area contributed by atoms with Gasteiger partial charge in [0.15, 0.2) is 6.04 Å². The smallest absolute Gasteiger partial charge is 0.328 e. The lowest BCUT2D eigenvalue weighted by Gasteiger charge is -2.42. The van der Waals surface area contributed by atoms with Crippen LogP contribution in [0.25, 0.3) is 0 Å². The van der Waals surface area contributed by atoms with E-state index in [9.17, 15) is 24.3 Å². The van der Waals surface area contributed by atoms with E-state index in [-0.39, 0.29) is 31.8 Å². The van der Waals surface area contributed by atoms with Crippen molar-refractivity contribution in [2.75, 3.05) is 6.54 Å². The van der Waals surface area contributed by atoms with Gasteiger partial charge in [0, 0.05) is 13.0 Å². The molecule has 2 aromatic rings. The number of hydrogen-bond donors (Lipinski definition) is 2. The number of nitrogens with one attached hydrogen (secondary N) is 1. The number of carbonyl (C=O) groups excluding carboxylic acids is 3. The third-order valence-electron chi connectivity index (χ3n) is 6.62. The fraction of sp³-hybridized carbons (Fsp3) is 0.407. The molecule has 9 heteroatoms. The van der Waals surface area contributed by atoms with Crippen molar-refractivity contribution in [3.8, 4) is 0 Å². The number of carboxylic acids is 1. The van der Waals surface area contributed by atoms with Crippen LogP contribution in [0.1, 0.15) is 43.2 Å². The summed E-state index contributed by atoms with van der Waals surface area (Å²) in [5.41, 5.74) is 1.88. The van der Waals surface area contributed by atoms with Crippen molar-refractivity contribution < 1.29 is 29.0 Å². The van der Waals surface area contributed by atoms with Crippen LogP contribution in [0, 0.1) is 0 Å². The molecule has 3 atom stereocenters. The number of ether oxygens (including phenoxy) is 1. The summed E-state index contributed by atoms with van der Waals surface area (Å²) >= 11 is 0. The number of aliphatic carboxylic acids is 1. The van der Waals surface area contributed by atoms with Crippen molar-refractivity contribution in [3.63, 3.8) is 0 Å². The average molecular weight is 494 g/mol. The number of rotatable bonds is 9. The lowest BCUT2D eigenvalue weighted by molar-refractivity contribution is -0.181. The number of hydrazine groups is 1. The first-order chi connectivity index (χ1) is 17.4. The fourth-order valence-electron chi connectivity index (χ4n) is 4.71. The Morgan fingerprint density at radius 3 is 2.33 bits per heavy atom. The van der Waals surface area contributed by atoms with Crippen LogP contribution in [-0.4, -0.2) is 63.5 Å².